The second-order valence-electron chi connectivity index (χ2n) is 6.96. The number of carbonyl (C=O) groups excluding carboxylic acids is 1. The molecule has 2 unspecified atom stereocenters. The van der Waals surface area contributed by atoms with Crippen molar-refractivity contribution in [2.45, 2.75) is 32.3 Å². The number of benzene rings is 3. The lowest BCUT2D eigenvalue weighted by molar-refractivity contribution is -0.155. The molecule has 5 nitrogen and oxygen atoms in total. The Hall–Kier alpha value is -2.89. The fourth-order valence-electron chi connectivity index (χ4n) is 3.83. The largest absolute Gasteiger partial charge is 0.465 e. The van der Waals surface area contributed by atoms with E-state index >= 15 is 0 Å². The fourth-order valence-corrected chi connectivity index (χ4v) is 3.83. The summed E-state index contributed by atoms with van der Waals surface area (Å²) in [5, 5.41) is 16.3. The molecule has 2 N–H and O–H groups in total. The number of nitrogens with one attached hydrogen (secondary N) is 1. The number of esters is 1. The number of anilines is 1. The van der Waals surface area contributed by atoms with E-state index in [0.717, 1.165) is 27.6 Å². The number of carbonyl (C=O) groups is 1. The van der Waals surface area contributed by atoms with E-state index in [0.29, 0.717) is 19.6 Å². The molecule has 0 spiro atoms. The molecule has 0 saturated heterocycles. The Morgan fingerprint density at radius 1 is 1.11 bits per heavy atom. The van der Waals surface area contributed by atoms with Gasteiger partial charge in [-0.2, -0.15) is 0 Å². The maximum Gasteiger partial charge on any atom is 0.323 e. The third-order valence-corrected chi connectivity index (χ3v) is 5.23. The van der Waals surface area contributed by atoms with Gasteiger partial charge in [0, 0.05) is 17.6 Å². The molecule has 0 radical (unpaired) electrons. The van der Waals surface area contributed by atoms with Gasteiger partial charge in [-0.05, 0) is 35.9 Å². The van der Waals surface area contributed by atoms with Crippen LogP contribution in [0.2, 0.25) is 0 Å². The maximum absolute atomic E-state index is 12.6. The van der Waals surface area contributed by atoms with Gasteiger partial charge in [-0.25, -0.2) is 4.90 Å². The van der Waals surface area contributed by atoms with Crippen LogP contribution in [-0.2, 0) is 22.5 Å². The van der Waals surface area contributed by atoms with Crippen LogP contribution in [0.1, 0.15) is 18.1 Å². The van der Waals surface area contributed by atoms with Crippen LogP contribution in [0.5, 0.6) is 0 Å². The predicted molar refractivity (Wildman–Crippen MR) is 110 cm³/mol. The molecule has 0 aromatic heterocycles. The normalized spacial score (nSPS) is 17.7. The quantitative estimate of drug-likeness (QED) is 0.527. The Bertz CT molecular complexity index is 983. The number of ether oxygens (including phenoxy) is 1. The van der Waals surface area contributed by atoms with E-state index in [-0.39, 0.29) is 5.97 Å². The van der Waals surface area contributed by atoms with Gasteiger partial charge in [0.05, 0.1) is 6.61 Å². The van der Waals surface area contributed by atoms with Gasteiger partial charge < -0.3 is 15.2 Å². The van der Waals surface area contributed by atoms with Crippen LogP contribution in [0.15, 0.2) is 66.7 Å². The zero-order valence-corrected chi connectivity index (χ0v) is 15.8. The zero-order chi connectivity index (χ0) is 19.5. The lowest BCUT2D eigenvalue weighted by atomic mass is 9.94. The molecule has 0 aliphatic carbocycles. The monoisotopic (exact) mass is 376 g/mol. The van der Waals surface area contributed by atoms with E-state index in [4.69, 9.17) is 4.74 Å². The minimum Gasteiger partial charge on any atom is -0.465 e. The van der Waals surface area contributed by atoms with Gasteiger partial charge >= 0.3 is 5.97 Å². The minimum absolute atomic E-state index is 0.309. The van der Waals surface area contributed by atoms with Crippen molar-refractivity contribution in [3.05, 3.63) is 77.9 Å². The number of aliphatic hydroxyl groups excluding tert-OH is 1. The van der Waals surface area contributed by atoms with Crippen LogP contribution < -0.4 is 5.32 Å². The standard InChI is InChI=1S/C23H24N2O3/c1-2-28-22(26)21-14-17-9-3-4-10-18(17)15-25(21)23(27)24-20-13-7-11-16-8-5-6-12-19(16)20/h3-13,21,23-24,27H,2,14-15H2,1H3. The molecule has 1 aliphatic heterocycles. The van der Waals surface area contributed by atoms with Gasteiger partial charge in [0.1, 0.15) is 6.04 Å². The summed E-state index contributed by atoms with van der Waals surface area (Å²) in [6, 6.07) is 21.4. The average molecular weight is 376 g/mol. The highest BCUT2D eigenvalue weighted by Crippen LogP contribution is 2.28. The number of nitrogens with zero attached hydrogens (tertiary/aromatic N) is 1. The molecule has 28 heavy (non-hydrogen) atoms. The summed E-state index contributed by atoms with van der Waals surface area (Å²) in [4.78, 5) is 14.4. The van der Waals surface area contributed by atoms with Crippen molar-refractivity contribution < 1.29 is 14.6 Å². The van der Waals surface area contributed by atoms with Crippen LogP contribution >= 0.6 is 0 Å². The van der Waals surface area contributed by atoms with Crippen molar-refractivity contribution in [2.75, 3.05) is 11.9 Å². The second kappa shape index (κ2) is 8.00. The molecule has 0 saturated carbocycles. The molecule has 4 rings (SSSR count). The van der Waals surface area contributed by atoms with Crippen molar-refractivity contribution >= 4 is 22.4 Å². The first kappa shape index (κ1) is 18.5. The molecule has 1 heterocycles. The number of fused-ring (bicyclic) bond motifs is 2. The maximum atomic E-state index is 12.6. The molecule has 1 aliphatic rings. The number of aliphatic hydroxyl groups is 1. The van der Waals surface area contributed by atoms with Crippen LogP contribution in [0.4, 0.5) is 5.69 Å². The van der Waals surface area contributed by atoms with E-state index in [1.807, 2.05) is 66.7 Å². The Labute approximate surface area is 164 Å². The molecule has 0 amide bonds. The van der Waals surface area contributed by atoms with E-state index in [9.17, 15) is 9.90 Å². The van der Waals surface area contributed by atoms with Gasteiger partial charge in [-0.1, -0.05) is 60.7 Å². The Balaban J connectivity index is 1.63. The van der Waals surface area contributed by atoms with E-state index < -0.39 is 12.4 Å². The minimum atomic E-state index is -1.02. The first-order valence-corrected chi connectivity index (χ1v) is 9.59. The highest BCUT2D eigenvalue weighted by molar-refractivity contribution is 5.93. The topological polar surface area (TPSA) is 61.8 Å². The van der Waals surface area contributed by atoms with Crippen molar-refractivity contribution in [2.24, 2.45) is 0 Å². The van der Waals surface area contributed by atoms with E-state index in [1.54, 1.807) is 11.8 Å². The van der Waals surface area contributed by atoms with Crippen LogP contribution in [0, 0.1) is 0 Å². The second-order valence-corrected chi connectivity index (χ2v) is 6.96. The fraction of sp³-hybridized carbons (Fsp3) is 0.261. The number of rotatable bonds is 5. The molecule has 5 heteroatoms. The molecule has 3 aromatic rings. The van der Waals surface area contributed by atoms with Crippen molar-refractivity contribution in [1.82, 2.24) is 4.90 Å². The summed E-state index contributed by atoms with van der Waals surface area (Å²) in [6.07, 6.45) is -0.503. The summed E-state index contributed by atoms with van der Waals surface area (Å²) >= 11 is 0. The predicted octanol–water partition coefficient (Wildman–Crippen LogP) is 3.52. The van der Waals surface area contributed by atoms with Gasteiger partial charge in [0.2, 0.25) is 0 Å². The van der Waals surface area contributed by atoms with Gasteiger partial charge in [0.15, 0.2) is 6.35 Å². The van der Waals surface area contributed by atoms with Gasteiger partial charge in [-0.15, -0.1) is 0 Å². The summed E-state index contributed by atoms with van der Waals surface area (Å²) in [7, 11) is 0. The Morgan fingerprint density at radius 2 is 1.82 bits per heavy atom. The van der Waals surface area contributed by atoms with Crippen molar-refractivity contribution in [3.63, 3.8) is 0 Å². The van der Waals surface area contributed by atoms with Crippen LogP contribution in [0.3, 0.4) is 0 Å². The summed E-state index contributed by atoms with van der Waals surface area (Å²) in [6.45, 7) is 2.58. The summed E-state index contributed by atoms with van der Waals surface area (Å²) in [5.74, 6) is -0.309. The van der Waals surface area contributed by atoms with Gasteiger partial charge in [0.25, 0.3) is 0 Å². The molecule has 3 aromatic carbocycles. The molecule has 2 atom stereocenters. The smallest absolute Gasteiger partial charge is 0.323 e. The molecule has 0 bridgehead atoms. The number of hydrogen-bond donors (Lipinski definition) is 2. The van der Waals surface area contributed by atoms with Crippen LogP contribution in [-0.4, -0.2) is 35.0 Å². The lowest BCUT2D eigenvalue weighted by Crippen LogP contribution is -2.53. The van der Waals surface area contributed by atoms with Crippen LogP contribution in [0.25, 0.3) is 10.8 Å². The third kappa shape index (κ3) is 3.59. The first-order valence-electron chi connectivity index (χ1n) is 9.59. The highest BCUT2D eigenvalue weighted by Gasteiger charge is 2.36. The third-order valence-electron chi connectivity index (χ3n) is 5.23. The van der Waals surface area contributed by atoms with Gasteiger partial charge in [-0.3, -0.25) is 4.79 Å². The SMILES string of the molecule is CCOC(=O)C1Cc2ccccc2CN1C(O)Nc1cccc2ccccc12. The zero-order valence-electron chi connectivity index (χ0n) is 15.8. The molecular formula is C23H24N2O3. The van der Waals surface area contributed by atoms with Crippen molar-refractivity contribution in [3.8, 4) is 0 Å². The molecule has 144 valence electrons. The average Bonchev–Trinajstić information content (AvgIpc) is 2.73. The van der Waals surface area contributed by atoms with Crippen molar-refractivity contribution in [1.29, 1.82) is 0 Å². The highest BCUT2D eigenvalue weighted by atomic mass is 16.5. The summed E-state index contributed by atoms with van der Waals surface area (Å²) in [5.41, 5.74) is 3.06. The number of hydrogen-bond acceptors (Lipinski definition) is 5. The summed E-state index contributed by atoms with van der Waals surface area (Å²) < 4.78 is 5.28. The first-order chi connectivity index (χ1) is 13.7. The lowest BCUT2D eigenvalue weighted by Gasteiger charge is -2.38. The Morgan fingerprint density at radius 3 is 2.64 bits per heavy atom. The molecular weight excluding hydrogens is 352 g/mol. The van der Waals surface area contributed by atoms with E-state index in [2.05, 4.69) is 5.32 Å². The Kier molecular flexibility index (Phi) is 5.28. The molecule has 0 fully saturated rings. The van der Waals surface area contributed by atoms with E-state index in [1.165, 1.54) is 0 Å².